The molecule has 1 fully saturated rings. The quantitative estimate of drug-likeness (QED) is 0.730. The molecule has 0 bridgehead atoms. The van der Waals surface area contributed by atoms with Gasteiger partial charge < -0.3 is 4.90 Å². The van der Waals surface area contributed by atoms with Crippen LogP contribution in [0.2, 0.25) is 0 Å². The second-order valence-electron chi connectivity index (χ2n) is 6.22. The van der Waals surface area contributed by atoms with Crippen LogP contribution < -0.4 is 5.56 Å². The van der Waals surface area contributed by atoms with Crippen LogP contribution in [-0.4, -0.2) is 53.4 Å². The average molecular weight is 428 g/mol. The maximum absolute atomic E-state index is 12.5. The third-order valence-electron chi connectivity index (χ3n) is 4.50. The summed E-state index contributed by atoms with van der Waals surface area (Å²) in [6, 6.07) is 5.00. The number of hydrogen-bond acceptors (Lipinski definition) is 5. The second kappa shape index (κ2) is 6.87. The van der Waals surface area contributed by atoms with Crippen LogP contribution >= 0.6 is 15.9 Å². The summed E-state index contributed by atoms with van der Waals surface area (Å²) >= 11 is 3.33. The molecule has 0 saturated carbocycles. The molecule has 1 aromatic heterocycles. The number of benzene rings is 1. The van der Waals surface area contributed by atoms with Gasteiger partial charge in [-0.25, -0.2) is 13.4 Å². The predicted octanol–water partition coefficient (Wildman–Crippen LogP) is 1.19. The normalized spacial score (nSPS) is 19.2. The Balaban J connectivity index is 1.71. The van der Waals surface area contributed by atoms with Gasteiger partial charge in [0.25, 0.3) is 5.56 Å². The maximum Gasteiger partial charge on any atom is 0.261 e. The van der Waals surface area contributed by atoms with E-state index < -0.39 is 9.84 Å². The number of fused-ring (bicyclic) bond motifs is 1. The number of aryl methyl sites for hydroxylation is 1. The highest BCUT2D eigenvalue weighted by Gasteiger charge is 2.32. The molecule has 2 heterocycles. The van der Waals surface area contributed by atoms with Gasteiger partial charge in [0.15, 0.2) is 9.84 Å². The molecular formula is C16H18BrN3O4S. The number of carbonyl (C=O) groups excluding carboxylic acids is 1. The summed E-state index contributed by atoms with van der Waals surface area (Å²) in [7, 11) is -1.42. The molecule has 7 nitrogen and oxygen atoms in total. The molecule has 1 aliphatic heterocycles. The van der Waals surface area contributed by atoms with Gasteiger partial charge in [-0.3, -0.25) is 14.2 Å². The SMILES string of the molecule is CN(C(=O)CCn1cnc2ccc(Br)cc2c1=O)[C@@H]1CCS(=O)(=O)C1. The molecule has 3 rings (SSSR count). The summed E-state index contributed by atoms with van der Waals surface area (Å²) in [4.78, 5) is 30.6. The zero-order chi connectivity index (χ0) is 18.2. The van der Waals surface area contributed by atoms with Crippen molar-refractivity contribution in [3.8, 4) is 0 Å². The summed E-state index contributed by atoms with van der Waals surface area (Å²) in [6.45, 7) is 0.205. The Hall–Kier alpha value is -1.74. The van der Waals surface area contributed by atoms with E-state index >= 15 is 0 Å². The maximum atomic E-state index is 12.5. The first-order valence-electron chi connectivity index (χ1n) is 7.87. The Morgan fingerprint density at radius 2 is 2.20 bits per heavy atom. The van der Waals surface area contributed by atoms with Crippen molar-refractivity contribution in [1.29, 1.82) is 0 Å². The first-order valence-corrected chi connectivity index (χ1v) is 10.5. The van der Waals surface area contributed by atoms with Gasteiger partial charge >= 0.3 is 0 Å². The van der Waals surface area contributed by atoms with Crippen LogP contribution in [0.1, 0.15) is 12.8 Å². The number of nitrogens with zero attached hydrogens (tertiary/aromatic N) is 3. The van der Waals surface area contributed by atoms with Crippen LogP contribution in [0, 0.1) is 0 Å². The lowest BCUT2D eigenvalue weighted by Crippen LogP contribution is -2.38. The van der Waals surface area contributed by atoms with E-state index in [2.05, 4.69) is 20.9 Å². The third-order valence-corrected chi connectivity index (χ3v) is 6.75. The number of aromatic nitrogens is 2. The number of amides is 1. The van der Waals surface area contributed by atoms with Gasteiger partial charge in [-0.2, -0.15) is 0 Å². The van der Waals surface area contributed by atoms with Crippen molar-refractivity contribution >= 4 is 42.6 Å². The van der Waals surface area contributed by atoms with Crippen LogP contribution in [0.3, 0.4) is 0 Å². The first-order chi connectivity index (χ1) is 11.8. The molecule has 25 heavy (non-hydrogen) atoms. The van der Waals surface area contributed by atoms with E-state index in [0.29, 0.717) is 17.3 Å². The van der Waals surface area contributed by atoms with Gasteiger partial charge in [0, 0.05) is 30.5 Å². The molecular weight excluding hydrogens is 410 g/mol. The number of sulfone groups is 1. The summed E-state index contributed by atoms with van der Waals surface area (Å²) in [5.74, 6) is -0.0396. The van der Waals surface area contributed by atoms with Crippen molar-refractivity contribution in [1.82, 2.24) is 14.5 Å². The summed E-state index contributed by atoms with van der Waals surface area (Å²) in [5.41, 5.74) is 0.397. The van der Waals surface area contributed by atoms with Gasteiger partial charge in [0.05, 0.1) is 28.7 Å². The highest BCUT2D eigenvalue weighted by molar-refractivity contribution is 9.10. The highest BCUT2D eigenvalue weighted by atomic mass is 79.9. The Morgan fingerprint density at radius 3 is 2.88 bits per heavy atom. The lowest BCUT2D eigenvalue weighted by Gasteiger charge is -2.23. The zero-order valence-electron chi connectivity index (χ0n) is 13.7. The molecule has 0 aliphatic carbocycles. The van der Waals surface area contributed by atoms with Crippen molar-refractivity contribution in [3.05, 3.63) is 39.4 Å². The number of halogens is 1. The summed E-state index contributed by atoms with van der Waals surface area (Å²) in [5, 5.41) is 0.486. The molecule has 0 spiro atoms. The van der Waals surface area contributed by atoms with Crippen LogP contribution in [-0.2, 0) is 21.2 Å². The fourth-order valence-electron chi connectivity index (χ4n) is 2.97. The number of hydrogen-bond donors (Lipinski definition) is 0. The minimum absolute atomic E-state index is 0.0146. The fourth-order valence-corrected chi connectivity index (χ4v) is 5.10. The Morgan fingerprint density at radius 1 is 1.44 bits per heavy atom. The smallest absolute Gasteiger partial charge is 0.261 e. The molecule has 1 aromatic carbocycles. The van der Waals surface area contributed by atoms with E-state index in [0.717, 1.165) is 4.47 Å². The van der Waals surface area contributed by atoms with Crippen LogP contribution in [0.15, 0.2) is 33.8 Å². The van der Waals surface area contributed by atoms with Crippen molar-refractivity contribution in [2.75, 3.05) is 18.6 Å². The molecule has 9 heteroatoms. The van der Waals surface area contributed by atoms with Crippen LogP contribution in [0.5, 0.6) is 0 Å². The van der Waals surface area contributed by atoms with Gasteiger partial charge in [0.2, 0.25) is 5.91 Å². The molecule has 0 radical (unpaired) electrons. The lowest BCUT2D eigenvalue weighted by atomic mass is 10.2. The largest absolute Gasteiger partial charge is 0.342 e. The predicted molar refractivity (Wildman–Crippen MR) is 98.1 cm³/mol. The van der Waals surface area contributed by atoms with Crippen LogP contribution in [0.4, 0.5) is 0 Å². The molecule has 2 aromatic rings. The van der Waals surface area contributed by atoms with Crippen molar-refractivity contribution in [2.45, 2.75) is 25.4 Å². The number of rotatable bonds is 4. The lowest BCUT2D eigenvalue weighted by molar-refractivity contribution is -0.131. The van der Waals surface area contributed by atoms with Gasteiger partial charge in [-0.05, 0) is 24.6 Å². The topological polar surface area (TPSA) is 89.3 Å². The molecule has 1 amide bonds. The molecule has 1 aliphatic rings. The monoisotopic (exact) mass is 427 g/mol. The van der Waals surface area contributed by atoms with E-state index in [9.17, 15) is 18.0 Å². The van der Waals surface area contributed by atoms with Crippen LogP contribution in [0.25, 0.3) is 10.9 Å². The Kier molecular flexibility index (Phi) is 4.97. The Bertz CT molecular complexity index is 987. The van der Waals surface area contributed by atoms with Gasteiger partial charge in [0.1, 0.15) is 0 Å². The third kappa shape index (κ3) is 3.92. The molecule has 1 saturated heterocycles. The fraction of sp³-hybridized carbons (Fsp3) is 0.438. The summed E-state index contributed by atoms with van der Waals surface area (Å²) < 4.78 is 25.3. The first kappa shape index (κ1) is 18.1. The van der Waals surface area contributed by atoms with Crippen molar-refractivity contribution < 1.29 is 13.2 Å². The van der Waals surface area contributed by atoms with Crippen molar-refractivity contribution in [3.63, 3.8) is 0 Å². The average Bonchev–Trinajstić information content (AvgIpc) is 2.93. The minimum Gasteiger partial charge on any atom is -0.342 e. The highest BCUT2D eigenvalue weighted by Crippen LogP contribution is 2.17. The molecule has 1 atom stereocenters. The van der Waals surface area contributed by atoms with E-state index in [4.69, 9.17) is 0 Å². The van der Waals surface area contributed by atoms with Crippen molar-refractivity contribution in [2.24, 2.45) is 0 Å². The molecule has 134 valence electrons. The molecule has 0 unspecified atom stereocenters. The van der Waals surface area contributed by atoms with E-state index in [1.165, 1.54) is 15.8 Å². The zero-order valence-corrected chi connectivity index (χ0v) is 16.1. The van der Waals surface area contributed by atoms with E-state index in [1.54, 1.807) is 19.2 Å². The molecule has 0 N–H and O–H groups in total. The van der Waals surface area contributed by atoms with Gasteiger partial charge in [-0.1, -0.05) is 15.9 Å². The second-order valence-corrected chi connectivity index (χ2v) is 9.36. The number of carbonyl (C=O) groups is 1. The van der Waals surface area contributed by atoms with Gasteiger partial charge in [-0.15, -0.1) is 0 Å². The Labute approximate surface area is 153 Å². The summed E-state index contributed by atoms with van der Waals surface area (Å²) in [6.07, 6.45) is 2.02. The standard InChI is InChI=1S/C16H18BrN3O4S/c1-19(12-5-7-25(23,24)9-12)15(21)4-6-20-10-18-14-3-2-11(17)8-13(14)16(20)22/h2-3,8,10,12H,4-7,9H2,1H3/t12-/m1/s1. The van der Waals surface area contributed by atoms with E-state index in [-0.39, 0.29) is 42.0 Å². The minimum atomic E-state index is -3.04. The van der Waals surface area contributed by atoms with E-state index in [1.807, 2.05) is 6.07 Å².